The maximum Gasteiger partial charge on any atom is 0.339 e. The predicted molar refractivity (Wildman–Crippen MR) is 83.6 cm³/mol. The number of aromatic amines is 2. The number of aliphatic carboxylic acids is 1. The second kappa shape index (κ2) is 10.3. The first-order valence-electron chi connectivity index (χ1n) is 6.25. The highest BCUT2D eigenvalue weighted by atomic mass is 31.2. The van der Waals surface area contributed by atoms with Crippen LogP contribution in [0, 0.1) is 13.8 Å². The summed E-state index contributed by atoms with van der Waals surface area (Å²) in [5.41, 5.74) is 10.3. The van der Waals surface area contributed by atoms with Gasteiger partial charge >= 0.3 is 13.6 Å². The quantitative estimate of drug-likeness (QED) is 0.279. The molecule has 0 radical (unpaired) electrons. The van der Waals surface area contributed by atoms with Gasteiger partial charge in [0.05, 0.1) is 12.8 Å². The van der Waals surface area contributed by atoms with Crippen LogP contribution in [0.2, 0.25) is 0 Å². The van der Waals surface area contributed by atoms with Gasteiger partial charge in [0.2, 0.25) is 11.9 Å². The normalized spacial score (nSPS) is 10.2. The topological polar surface area (TPSA) is 242 Å². The minimum absolute atomic E-state index is 0.303. The summed E-state index contributed by atoms with van der Waals surface area (Å²) in [5.74, 6) is 0.957. The summed E-state index contributed by atoms with van der Waals surface area (Å²) < 4.78 is 10.1. The Morgan fingerprint density at radius 2 is 1.54 bits per heavy atom. The molecule has 0 bridgehead atoms. The van der Waals surface area contributed by atoms with Crippen molar-refractivity contribution in [1.82, 2.24) is 35.7 Å². The minimum Gasteiger partial charge on any atom is -0.480 e. The van der Waals surface area contributed by atoms with Crippen molar-refractivity contribution in [2.75, 3.05) is 24.3 Å². The van der Waals surface area contributed by atoms with Gasteiger partial charge in [-0.25, -0.2) is 0 Å². The number of aromatic nitrogens is 6. The Labute approximate surface area is 136 Å². The summed E-state index contributed by atoms with van der Waals surface area (Å²) in [5, 5.41) is 22.3. The summed E-state index contributed by atoms with van der Waals surface area (Å²) in [6.45, 7) is 3.15. The molecule has 0 amide bonds. The molecule has 15 heteroatoms. The van der Waals surface area contributed by atoms with Crippen molar-refractivity contribution in [3.05, 3.63) is 11.6 Å². The summed E-state index contributed by atoms with van der Waals surface area (Å²) >= 11 is 0. The first kappa shape index (κ1) is 21.5. The fraction of sp³-hybridized carbons (Fsp3) is 0.444. The number of rotatable bonds is 4. The molecule has 0 atom stereocenters. The van der Waals surface area contributed by atoms with Crippen molar-refractivity contribution in [2.45, 2.75) is 13.8 Å². The Hall–Kier alpha value is -2.54. The zero-order valence-corrected chi connectivity index (χ0v) is 13.9. The van der Waals surface area contributed by atoms with Gasteiger partial charge in [0.1, 0.15) is 11.6 Å². The number of nitrogens with two attached hydrogens (primary N) is 2. The number of hydrogen-bond acceptors (Lipinski definition) is 9. The molecule has 24 heavy (non-hydrogen) atoms. The van der Waals surface area contributed by atoms with Crippen LogP contribution < -0.4 is 16.8 Å². The molecule has 2 rings (SSSR count). The highest BCUT2D eigenvalue weighted by molar-refractivity contribution is 7.51. The van der Waals surface area contributed by atoms with Crippen molar-refractivity contribution in [3.8, 4) is 0 Å². The van der Waals surface area contributed by atoms with Gasteiger partial charge in [-0.15, -0.1) is 10.2 Å². The Balaban J connectivity index is 0.000000337. The van der Waals surface area contributed by atoms with Gasteiger partial charge in [-0.3, -0.25) is 24.9 Å². The van der Waals surface area contributed by atoms with Crippen LogP contribution in [0.3, 0.4) is 0 Å². The van der Waals surface area contributed by atoms with Gasteiger partial charge < -0.3 is 26.4 Å². The van der Waals surface area contributed by atoms with Gasteiger partial charge in [0.25, 0.3) is 0 Å². The maximum absolute atomic E-state index is 10.1. The zero-order chi connectivity index (χ0) is 18.8. The summed E-state index contributed by atoms with van der Waals surface area (Å²) in [7, 11) is -4.10. The molecule has 0 aliphatic carbocycles. The maximum atomic E-state index is 10.1. The molecule has 0 spiro atoms. The Bertz CT molecular complexity index is 595. The average molecular weight is 365 g/mol. The lowest BCUT2D eigenvalue weighted by Crippen LogP contribution is -2.23. The zero-order valence-electron chi connectivity index (χ0n) is 13.0. The third-order valence-corrected chi connectivity index (χ3v) is 2.46. The molecule has 0 aromatic carbocycles. The fourth-order valence-electron chi connectivity index (χ4n) is 1.03. The molecule has 2 aromatic heterocycles. The Morgan fingerprint density at radius 3 is 1.71 bits per heavy atom. The molecule has 0 fully saturated rings. The van der Waals surface area contributed by atoms with Gasteiger partial charge in [0, 0.05) is 0 Å². The van der Waals surface area contributed by atoms with Crippen LogP contribution in [0.25, 0.3) is 0 Å². The fourth-order valence-corrected chi connectivity index (χ4v) is 1.43. The average Bonchev–Trinajstić information content (AvgIpc) is 2.97. The lowest BCUT2D eigenvalue weighted by molar-refractivity contribution is -0.135. The molecule has 0 aliphatic heterocycles. The SMILES string of the molecule is Cc1nc(N)n[nH]1.Cc1nc(N)n[nH]1.O=C(O)CNCP(=O)(O)O. The molecule has 2 heterocycles. The Kier molecular flexibility index (Phi) is 9.19. The van der Waals surface area contributed by atoms with E-state index in [4.69, 9.17) is 26.4 Å². The minimum atomic E-state index is -4.10. The molecular weight excluding hydrogens is 345 g/mol. The second-order valence-corrected chi connectivity index (χ2v) is 5.85. The number of nitrogens with one attached hydrogen (secondary N) is 3. The molecule has 0 saturated heterocycles. The molecule has 0 aliphatic rings. The highest BCUT2D eigenvalue weighted by Gasteiger charge is 2.11. The molecular formula is C9H20N9O5P. The standard InChI is InChI=1S/2C3H6N4.C3H8NO5P/c2*1-2-5-3(4)7-6-2;5-3(6)1-4-2-10(7,8)9/h2*1H3,(H3,4,5,6,7);4H,1-2H2,(H,5,6)(H2,7,8,9). The van der Waals surface area contributed by atoms with E-state index in [9.17, 15) is 9.36 Å². The predicted octanol–water partition coefficient (Wildman–Crippen LogP) is -1.81. The van der Waals surface area contributed by atoms with Crippen molar-refractivity contribution in [2.24, 2.45) is 0 Å². The van der Waals surface area contributed by atoms with Crippen LogP contribution in [-0.2, 0) is 9.36 Å². The van der Waals surface area contributed by atoms with E-state index in [1.807, 2.05) is 0 Å². The van der Waals surface area contributed by atoms with Crippen LogP contribution in [0.5, 0.6) is 0 Å². The summed E-state index contributed by atoms with van der Waals surface area (Å²) in [4.78, 5) is 33.6. The van der Waals surface area contributed by atoms with Crippen molar-refractivity contribution >= 4 is 25.5 Å². The van der Waals surface area contributed by atoms with Crippen molar-refractivity contribution < 1.29 is 24.3 Å². The lowest BCUT2D eigenvalue weighted by atomic mass is 10.7. The van der Waals surface area contributed by atoms with Crippen LogP contribution in [0.15, 0.2) is 0 Å². The second-order valence-electron chi connectivity index (χ2n) is 4.20. The molecule has 0 unspecified atom stereocenters. The summed E-state index contributed by atoms with van der Waals surface area (Å²) in [6.07, 6.45) is -0.598. The Morgan fingerprint density at radius 1 is 1.12 bits per heavy atom. The van der Waals surface area contributed by atoms with Crippen molar-refractivity contribution in [1.29, 1.82) is 0 Å². The van der Waals surface area contributed by atoms with Gasteiger partial charge in [-0.05, 0) is 13.8 Å². The van der Waals surface area contributed by atoms with E-state index in [2.05, 4.69) is 35.7 Å². The lowest BCUT2D eigenvalue weighted by Gasteiger charge is -2.02. The molecule has 10 N–H and O–H groups in total. The number of aryl methyl sites for hydroxylation is 2. The first-order chi connectivity index (χ1) is 11.0. The number of nitrogen functional groups attached to an aromatic ring is 2. The highest BCUT2D eigenvalue weighted by Crippen LogP contribution is 2.31. The number of anilines is 2. The van der Waals surface area contributed by atoms with Gasteiger partial charge in [0.15, 0.2) is 0 Å². The summed E-state index contributed by atoms with van der Waals surface area (Å²) in [6, 6.07) is 0. The largest absolute Gasteiger partial charge is 0.480 e. The van der Waals surface area contributed by atoms with E-state index in [0.29, 0.717) is 11.9 Å². The van der Waals surface area contributed by atoms with Crippen LogP contribution in [-0.4, -0.2) is 64.1 Å². The number of carboxylic acids is 1. The van der Waals surface area contributed by atoms with Crippen LogP contribution in [0.4, 0.5) is 11.9 Å². The number of hydrogen-bond donors (Lipinski definition) is 8. The van der Waals surface area contributed by atoms with E-state index in [0.717, 1.165) is 11.6 Å². The first-order valence-corrected chi connectivity index (χ1v) is 8.05. The third kappa shape index (κ3) is 13.1. The van der Waals surface area contributed by atoms with Crippen molar-refractivity contribution in [3.63, 3.8) is 0 Å². The van der Waals surface area contributed by atoms with E-state index in [1.165, 1.54) is 0 Å². The number of carboxylic acid groups (broad SMARTS) is 1. The van der Waals surface area contributed by atoms with Gasteiger partial charge in [-0.2, -0.15) is 9.97 Å². The number of nitrogens with zero attached hydrogens (tertiary/aromatic N) is 4. The van der Waals surface area contributed by atoms with E-state index in [-0.39, 0.29) is 0 Å². The van der Waals surface area contributed by atoms with E-state index in [1.54, 1.807) is 13.8 Å². The van der Waals surface area contributed by atoms with Crippen LogP contribution >= 0.6 is 7.60 Å². The van der Waals surface area contributed by atoms with Gasteiger partial charge in [-0.1, -0.05) is 0 Å². The number of carbonyl (C=O) groups is 1. The smallest absolute Gasteiger partial charge is 0.339 e. The molecule has 136 valence electrons. The number of H-pyrrole nitrogens is 2. The van der Waals surface area contributed by atoms with Crippen LogP contribution in [0.1, 0.15) is 11.6 Å². The third-order valence-electron chi connectivity index (χ3n) is 1.82. The van der Waals surface area contributed by atoms with E-state index < -0.39 is 26.4 Å². The van der Waals surface area contributed by atoms with E-state index >= 15 is 0 Å². The monoisotopic (exact) mass is 365 g/mol. The molecule has 2 aromatic rings. The molecule has 0 saturated carbocycles. The molecule has 14 nitrogen and oxygen atoms in total.